The summed E-state index contributed by atoms with van der Waals surface area (Å²) < 4.78 is 13.0. The summed E-state index contributed by atoms with van der Waals surface area (Å²) in [5.41, 5.74) is 1.94. The molecule has 1 N–H and O–H groups in total. The van der Waals surface area contributed by atoms with Gasteiger partial charge in [0.05, 0.1) is 22.9 Å². The molecule has 0 bridgehead atoms. The van der Waals surface area contributed by atoms with Crippen LogP contribution in [0.4, 0.5) is 5.69 Å². The van der Waals surface area contributed by atoms with Gasteiger partial charge < -0.3 is 14.8 Å². The molecule has 5 nitrogen and oxygen atoms in total. The van der Waals surface area contributed by atoms with Gasteiger partial charge in [-0.3, -0.25) is 4.68 Å². The third-order valence-corrected chi connectivity index (χ3v) is 3.79. The minimum atomic E-state index is 0.102. The van der Waals surface area contributed by atoms with Gasteiger partial charge in [-0.25, -0.2) is 0 Å². The number of ether oxygens (including phenoxy) is 2. The van der Waals surface area contributed by atoms with Crippen molar-refractivity contribution in [3.8, 4) is 11.5 Å². The highest BCUT2D eigenvalue weighted by Crippen LogP contribution is 2.39. The van der Waals surface area contributed by atoms with Crippen LogP contribution in [0.2, 0.25) is 5.02 Å². The van der Waals surface area contributed by atoms with E-state index < -0.39 is 0 Å². The summed E-state index contributed by atoms with van der Waals surface area (Å²) in [6.45, 7) is 6.11. The van der Waals surface area contributed by atoms with Crippen molar-refractivity contribution < 1.29 is 9.47 Å². The Hall–Kier alpha value is -1.88. The topological polar surface area (TPSA) is 48.3 Å². The first-order valence-corrected chi connectivity index (χ1v) is 7.43. The highest BCUT2D eigenvalue weighted by molar-refractivity contribution is 6.33. The van der Waals surface area contributed by atoms with Crippen LogP contribution in [-0.2, 0) is 6.54 Å². The van der Waals surface area contributed by atoms with Gasteiger partial charge in [0.1, 0.15) is 13.2 Å². The summed E-state index contributed by atoms with van der Waals surface area (Å²) in [5, 5.41) is 8.30. The van der Waals surface area contributed by atoms with Crippen LogP contribution in [0, 0.1) is 0 Å². The zero-order chi connectivity index (χ0) is 14.8. The van der Waals surface area contributed by atoms with Gasteiger partial charge in [0.25, 0.3) is 0 Å². The van der Waals surface area contributed by atoms with Crippen molar-refractivity contribution in [2.45, 2.75) is 26.4 Å². The second kappa shape index (κ2) is 5.85. The molecule has 1 unspecified atom stereocenters. The molecule has 0 spiro atoms. The van der Waals surface area contributed by atoms with Crippen molar-refractivity contribution in [3.05, 3.63) is 35.1 Å². The quantitative estimate of drug-likeness (QED) is 0.939. The highest BCUT2D eigenvalue weighted by Gasteiger charge is 2.17. The monoisotopic (exact) mass is 307 g/mol. The number of rotatable bonds is 4. The normalized spacial score (nSPS) is 14.8. The molecule has 0 amide bonds. The Morgan fingerprint density at radius 1 is 1.33 bits per heavy atom. The highest BCUT2D eigenvalue weighted by atomic mass is 35.5. The average Bonchev–Trinajstić information content (AvgIpc) is 2.97. The van der Waals surface area contributed by atoms with Crippen molar-refractivity contribution in [1.29, 1.82) is 0 Å². The van der Waals surface area contributed by atoms with Gasteiger partial charge in [-0.2, -0.15) is 5.10 Å². The van der Waals surface area contributed by atoms with Crippen LogP contribution in [-0.4, -0.2) is 23.0 Å². The van der Waals surface area contributed by atoms with E-state index >= 15 is 0 Å². The lowest BCUT2D eigenvalue weighted by molar-refractivity contribution is 0.171. The van der Waals surface area contributed by atoms with Gasteiger partial charge in [0.2, 0.25) is 0 Å². The summed E-state index contributed by atoms with van der Waals surface area (Å²) in [4.78, 5) is 0. The third-order valence-electron chi connectivity index (χ3n) is 3.48. The standard InChI is InChI=1S/C15H18ClN3O2/c1-3-19-9-11(8-17-19)10(2)18-13-7-15-14(6-12(13)16)20-4-5-21-15/h6-10,18H,3-5H2,1-2H3. The molecule has 1 aliphatic heterocycles. The van der Waals surface area contributed by atoms with E-state index in [9.17, 15) is 0 Å². The predicted octanol–water partition coefficient (Wildman–Crippen LogP) is 3.50. The number of aryl methyl sites for hydroxylation is 1. The predicted molar refractivity (Wildman–Crippen MR) is 82.4 cm³/mol. The first-order chi connectivity index (χ1) is 10.2. The maximum absolute atomic E-state index is 6.31. The molecule has 0 fully saturated rings. The molecule has 0 saturated heterocycles. The van der Waals surface area contributed by atoms with Crippen molar-refractivity contribution in [2.75, 3.05) is 18.5 Å². The minimum Gasteiger partial charge on any atom is -0.486 e. The van der Waals surface area contributed by atoms with E-state index in [1.807, 2.05) is 23.1 Å². The Balaban J connectivity index is 1.80. The second-order valence-corrected chi connectivity index (χ2v) is 5.38. The molecule has 1 atom stereocenters. The van der Waals surface area contributed by atoms with Crippen LogP contribution < -0.4 is 14.8 Å². The largest absolute Gasteiger partial charge is 0.486 e. The molecule has 0 aliphatic carbocycles. The van der Waals surface area contributed by atoms with E-state index in [1.54, 1.807) is 6.07 Å². The molecule has 0 radical (unpaired) electrons. The number of halogens is 1. The summed E-state index contributed by atoms with van der Waals surface area (Å²) in [5.74, 6) is 1.42. The molecule has 1 aliphatic rings. The van der Waals surface area contributed by atoms with E-state index in [-0.39, 0.29) is 6.04 Å². The summed E-state index contributed by atoms with van der Waals surface area (Å²) in [6, 6.07) is 3.78. The molecule has 2 heterocycles. The van der Waals surface area contributed by atoms with Crippen molar-refractivity contribution in [2.24, 2.45) is 0 Å². The van der Waals surface area contributed by atoms with Crippen LogP contribution >= 0.6 is 11.6 Å². The zero-order valence-electron chi connectivity index (χ0n) is 12.1. The van der Waals surface area contributed by atoms with Crippen LogP contribution in [0.3, 0.4) is 0 Å². The van der Waals surface area contributed by atoms with Crippen LogP contribution in [0.5, 0.6) is 11.5 Å². The number of nitrogens with zero attached hydrogens (tertiary/aromatic N) is 2. The number of anilines is 1. The Labute approximate surface area is 128 Å². The van der Waals surface area contributed by atoms with Crippen LogP contribution in [0.15, 0.2) is 24.5 Å². The summed E-state index contributed by atoms with van der Waals surface area (Å²) in [7, 11) is 0. The molecule has 1 aromatic heterocycles. The van der Waals surface area contributed by atoms with Gasteiger partial charge in [0, 0.05) is 30.4 Å². The molecule has 6 heteroatoms. The van der Waals surface area contributed by atoms with Crippen molar-refractivity contribution in [1.82, 2.24) is 9.78 Å². The fraction of sp³-hybridized carbons (Fsp3) is 0.400. The minimum absolute atomic E-state index is 0.102. The Morgan fingerprint density at radius 3 is 2.71 bits per heavy atom. The number of hydrogen-bond acceptors (Lipinski definition) is 4. The molecule has 3 rings (SSSR count). The number of benzene rings is 1. The molecule has 21 heavy (non-hydrogen) atoms. The van der Waals surface area contributed by atoms with Crippen molar-refractivity contribution in [3.63, 3.8) is 0 Å². The number of aromatic nitrogens is 2. The molecule has 2 aromatic rings. The first-order valence-electron chi connectivity index (χ1n) is 7.05. The molecular formula is C15H18ClN3O2. The fourth-order valence-electron chi connectivity index (χ4n) is 2.27. The smallest absolute Gasteiger partial charge is 0.163 e. The van der Waals surface area contributed by atoms with E-state index in [4.69, 9.17) is 21.1 Å². The lowest BCUT2D eigenvalue weighted by atomic mass is 10.1. The Kier molecular flexibility index (Phi) is 3.92. The van der Waals surface area contributed by atoms with E-state index in [0.29, 0.717) is 24.0 Å². The van der Waals surface area contributed by atoms with Crippen LogP contribution in [0.25, 0.3) is 0 Å². The molecular weight excluding hydrogens is 290 g/mol. The average molecular weight is 308 g/mol. The molecule has 0 saturated carbocycles. The number of nitrogens with one attached hydrogen (secondary N) is 1. The van der Waals surface area contributed by atoms with Gasteiger partial charge in [-0.1, -0.05) is 11.6 Å². The lowest BCUT2D eigenvalue weighted by Gasteiger charge is -2.21. The fourth-order valence-corrected chi connectivity index (χ4v) is 2.48. The Morgan fingerprint density at radius 2 is 2.05 bits per heavy atom. The van der Waals surface area contributed by atoms with E-state index in [0.717, 1.165) is 23.5 Å². The lowest BCUT2D eigenvalue weighted by Crippen LogP contribution is -2.16. The van der Waals surface area contributed by atoms with Gasteiger partial charge >= 0.3 is 0 Å². The van der Waals surface area contributed by atoms with E-state index in [1.165, 1.54) is 0 Å². The SMILES string of the molecule is CCn1cc(C(C)Nc2cc3c(cc2Cl)OCCO3)cn1. The third kappa shape index (κ3) is 2.93. The Bertz CT molecular complexity index is 642. The zero-order valence-corrected chi connectivity index (χ0v) is 12.9. The maximum Gasteiger partial charge on any atom is 0.163 e. The van der Waals surface area contributed by atoms with E-state index in [2.05, 4.69) is 24.3 Å². The van der Waals surface area contributed by atoms with Gasteiger partial charge in [0.15, 0.2) is 11.5 Å². The summed E-state index contributed by atoms with van der Waals surface area (Å²) >= 11 is 6.31. The van der Waals surface area contributed by atoms with Gasteiger partial charge in [-0.05, 0) is 13.8 Å². The molecule has 112 valence electrons. The second-order valence-electron chi connectivity index (χ2n) is 4.97. The van der Waals surface area contributed by atoms with Gasteiger partial charge in [-0.15, -0.1) is 0 Å². The van der Waals surface area contributed by atoms with Crippen LogP contribution in [0.1, 0.15) is 25.5 Å². The first kappa shape index (κ1) is 14.1. The molecule has 1 aromatic carbocycles. The van der Waals surface area contributed by atoms with Crippen molar-refractivity contribution >= 4 is 17.3 Å². The number of hydrogen-bond donors (Lipinski definition) is 1. The summed E-state index contributed by atoms with van der Waals surface area (Å²) in [6.07, 6.45) is 3.90. The number of fused-ring (bicyclic) bond motifs is 1. The maximum atomic E-state index is 6.31.